The van der Waals surface area contributed by atoms with Crippen LogP contribution in [0.15, 0.2) is 48.5 Å². The van der Waals surface area contributed by atoms with Crippen LogP contribution in [0.3, 0.4) is 0 Å². The van der Waals surface area contributed by atoms with E-state index in [9.17, 15) is 0 Å². The van der Waals surface area contributed by atoms with Gasteiger partial charge in [0.1, 0.15) is 0 Å². The van der Waals surface area contributed by atoms with Crippen molar-refractivity contribution in [3.8, 4) is 11.3 Å². The summed E-state index contributed by atoms with van der Waals surface area (Å²) in [4.78, 5) is 7.21. The quantitative estimate of drug-likeness (QED) is 0.376. The van der Waals surface area contributed by atoms with Gasteiger partial charge in [0.15, 0.2) is 0 Å². The van der Waals surface area contributed by atoms with Crippen molar-refractivity contribution < 1.29 is 0 Å². The van der Waals surface area contributed by atoms with Crippen LogP contribution in [0.4, 0.5) is 0 Å². The minimum Gasteiger partial charge on any atom is -0.358 e. The molecule has 0 atom stereocenters. The number of hydrogen-bond acceptors (Lipinski definition) is 0. The van der Waals surface area contributed by atoms with Gasteiger partial charge >= 0.3 is 0 Å². The van der Waals surface area contributed by atoms with E-state index in [1.807, 2.05) is 0 Å². The number of nitrogens with one attached hydrogen (secondary N) is 2. The van der Waals surface area contributed by atoms with E-state index in [1.165, 1.54) is 44.3 Å². The van der Waals surface area contributed by atoms with Crippen LogP contribution in [-0.2, 0) is 10.8 Å². The van der Waals surface area contributed by atoms with Crippen LogP contribution in [-0.4, -0.2) is 9.97 Å². The fraction of sp³-hybridized carbons (Fsp3) is 0.333. The van der Waals surface area contributed by atoms with Crippen LogP contribution in [0.5, 0.6) is 0 Å². The highest BCUT2D eigenvalue weighted by Crippen LogP contribution is 2.34. The Hall–Kier alpha value is -2.48. The molecule has 2 nitrogen and oxygen atoms in total. The van der Waals surface area contributed by atoms with Crippen molar-refractivity contribution >= 4 is 21.8 Å². The maximum atomic E-state index is 3.61. The molecule has 0 unspecified atom stereocenters. The molecule has 0 amide bonds. The number of hydrogen-bond donors (Lipinski definition) is 2. The Bertz CT molecular complexity index is 1090. The first-order valence-corrected chi connectivity index (χ1v) is 9.39. The zero-order chi connectivity index (χ0) is 18.7. The predicted octanol–water partition coefficient (Wildman–Crippen LogP) is 6.91. The largest absolute Gasteiger partial charge is 0.358 e. The summed E-state index contributed by atoms with van der Waals surface area (Å²) in [6.07, 6.45) is 0. The molecule has 2 heteroatoms. The fourth-order valence-electron chi connectivity index (χ4n) is 3.66. The summed E-state index contributed by atoms with van der Waals surface area (Å²) < 4.78 is 0. The Morgan fingerprint density at radius 2 is 1.46 bits per heavy atom. The molecular formula is C24H28N2. The fourth-order valence-corrected chi connectivity index (χ4v) is 3.66. The molecular weight excluding hydrogens is 316 g/mol. The Labute approximate surface area is 155 Å². The lowest BCUT2D eigenvalue weighted by atomic mass is 9.85. The molecule has 4 rings (SSSR count). The van der Waals surface area contributed by atoms with Gasteiger partial charge in [-0.15, -0.1) is 0 Å². The Morgan fingerprint density at radius 1 is 0.692 bits per heavy atom. The van der Waals surface area contributed by atoms with Gasteiger partial charge < -0.3 is 9.97 Å². The number of H-pyrrole nitrogens is 2. The van der Waals surface area contributed by atoms with Crippen LogP contribution in [0.25, 0.3) is 33.1 Å². The molecule has 0 fully saturated rings. The van der Waals surface area contributed by atoms with Gasteiger partial charge in [-0.25, -0.2) is 0 Å². The SMILES string of the molecule is CC(C)(C)c1cc2ccc(-c3cc4c(C(C)(C)C)cccc4[nH]3)cc2[nH]1. The molecule has 134 valence electrons. The van der Waals surface area contributed by atoms with Crippen LogP contribution < -0.4 is 0 Å². The summed E-state index contributed by atoms with van der Waals surface area (Å²) in [5.74, 6) is 0. The summed E-state index contributed by atoms with van der Waals surface area (Å²) in [7, 11) is 0. The summed E-state index contributed by atoms with van der Waals surface area (Å²) in [6.45, 7) is 13.5. The third-order valence-electron chi connectivity index (χ3n) is 5.21. The van der Waals surface area contributed by atoms with Crippen LogP contribution >= 0.6 is 0 Å². The lowest BCUT2D eigenvalue weighted by molar-refractivity contribution is 0.574. The Morgan fingerprint density at radius 3 is 2.15 bits per heavy atom. The van der Waals surface area contributed by atoms with Crippen molar-refractivity contribution in [2.75, 3.05) is 0 Å². The summed E-state index contributed by atoms with van der Waals surface area (Å²) in [5.41, 5.74) is 7.70. The zero-order valence-corrected chi connectivity index (χ0v) is 16.6. The summed E-state index contributed by atoms with van der Waals surface area (Å²) in [5, 5.41) is 2.59. The minimum absolute atomic E-state index is 0.127. The van der Waals surface area contributed by atoms with Crippen LogP contribution in [0.1, 0.15) is 52.8 Å². The molecule has 0 radical (unpaired) electrons. The normalized spacial score (nSPS) is 13.0. The molecule has 0 saturated heterocycles. The van der Waals surface area contributed by atoms with Gasteiger partial charge in [0.2, 0.25) is 0 Å². The van der Waals surface area contributed by atoms with E-state index in [0.29, 0.717) is 0 Å². The highest BCUT2D eigenvalue weighted by atomic mass is 14.7. The third-order valence-corrected chi connectivity index (χ3v) is 5.21. The van der Waals surface area contributed by atoms with Crippen molar-refractivity contribution in [2.45, 2.75) is 52.4 Å². The molecule has 0 bridgehead atoms. The van der Waals surface area contributed by atoms with E-state index < -0.39 is 0 Å². The predicted molar refractivity (Wildman–Crippen MR) is 113 cm³/mol. The van der Waals surface area contributed by atoms with Crippen molar-refractivity contribution in [2.24, 2.45) is 0 Å². The summed E-state index contributed by atoms with van der Waals surface area (Å²) >= 11 is 0. The van der Waals surface area contributed by atoms with Gasteiger partial charge in [0, 0.05) is 38.8 Å². The number of rotatable bonds is 1. The van der Waals surface area contributed by atoms with Gasteiger partial charge in [-0.3, -0.25) is 0 Å². The first-order chi connectivity index (χ1) is 12.1. The zero-order valence-electron chi connectivity index (χ0n) is 16.6. The highest BCUT2D eigenvalue weighted by Gasteiger charge is 2.19. The molecule has 4 aromatic rings. The summed E-state index contributed by atoms with van der Waals surface area (Å²) in [6, 6.07) is 17.8. The minimum atomic E-state index is 0.127. The van der Waals surface area contributed by atoms with Crippen molar-refractivity contribution in [3.63, 3.8) is 0 Å². The maximum Gasteiger partial charge on any atom is 0.0465 e. The molecule has 26 heavy (non-hydrogen) atoms. The molecule has 0 saturated carbocycles. The van der Waals surface area contributed by atoms with E-state index in [-0.39, 0.29) is 10.8 Å². The standard InChI is InChI=1S/C24H28N2/c1-23(2,3)18-8-7-9-19-17(18)14-21(25-19)15-10-11-16-13-22(24(4,5)6)26-20(16)12-15/h7-14,25-26H,1-6H3. The number of benzene rings is 2. The second-order valence-corrected chi connectivity index (χ2v) is 9.43. The van der Waals surface area contributed by atoms with Crippen molar-refractivity contribution in [1.82, 2.24) is 9.97 Å². The molecule has 0 aliphatic carbocycles. The van der Waals surface area contributed by atoms with E-state index in [4.69, 9.17) is 0 Å². The highest BCUT2D eigenvalue weighted by molar-refractivity contribution is 5.92. The number of fused-ring (bicyclic) bond motifs is 2. The van der Waals surface area contributed by atoms with Gasteiger partial charge in [-0.1, -0.05) is 65.8 Å². The third kappa shape index (κ3) is 2.84. The second kappa shape index (κ2) is 5.51. The van der Waals surface area contributed by atoms with Gasteiger partial charge in [-0.05, 0) is 40.6 Å². The number of aromatic nitrogens is 2. The van der Waals surface area contributed by atoms with Crippen molar-refractivity contribution in [1.29, 1.82) is 0 Å². The van der Waals surface area contributed by atoms with Gasteiger partial charge in [-0.2, -0.15) is 0 Å². The molecule has 0 aliphatic heterocycles. The lowest BCUT2D eigenvalue weighted by Gasteiger charge is -2.19. The van der Waals surface area contributed by atoms with Gasteiger partial charge in [0.25, 0.3) is 0 Å². The molecule has 2 aromatic carbocycles. The molecule has 2 N–H and O–H groups in total. The maximum absolute atomic E-state index is 3.61. The van der Waals surface area contributed by atoms with Crippen LogP contribution in [0.2, 0.25) is 0 Å². The number of aromatic amines is 2. The lowest BCUT2D eigenvalue weighted by Crippen LogP contribution is -2.10. The molecule has 0 aliphatic rings. The monoisotopic (exact) mass is 344 g/mol. The first-order valence-electron chi connectivity index (χ1n) is 9.39. The second-order valence-electron chi connectivity index (χ2n) is 9.43. The van der Waals surface area contributed by atoms with Crippen molar-refractivity contribution in [3.05, 3.63) is 59.8 Å². The van der Waals surface area contributed by atoms with E-state index in [1.54, 1.807) is 0 Å². The molecule has 0 spiro atoms. The Kier molecular flexibility index (Phi) is 3.59. The van der Waals surface area contributed by atoms with E-state index in [0.717, 1.165) is 0 Å². The smallest absolute Gasteiger partial charge is 0.0465 e. The van der Waals surface area contributed by atoms with E-state index in [2.05, 4.69) is 100 Å². The Balaban J connectivity index is 1.85. The molecule has 2 aromatic heterocycles. The first kappa shape index (κ1) is 17.0. The topological polar surface area (TPSA) is 31.6 Å². The average molecular weight is 345 g/mol. The van der Waals surface area contributed by atoms with E-state index >= 15 is 0 Å². The molecule has 2 heterocycles. The average Bonchev–Trinajstić information content (AvgIpc) is 3.16. The van der Waals surface area contributed by atoms with Gasteiger partial charge in [0.05, 0.1) is 0 Å². The van der Waals surface area contributed by atoms with Crippen LogP contribution in [0, 0.1) is 0 Å².